The van der Waals surface area contributed by atoms with Crippen molar-refractivity contribution < 1.29 is 9.84 Å². The van der Waals surface area contributed by atoms with Crippen LogP contribution in [0.3, 0.4) is 0 Å². The Kier molecular flexibility index (Phi) is 2.13. The van der Waals surface area contributed by atoms with Gasteiger partial charge in [0.15, 0.2) is 0 Å². The van der Waals surface area contributed by atoms with Gasteiger partial charge >= 0.3 is 0 Å². The summed E-state index contributed by atoms with van der Waals surface area (Å²) in [5.74, 6) is 1.27. The van der Waals surface area contributed by atoms with E-state index in [0.717, 1.165) is 30.6 Å². The maximum Gasteiger partial charge on any atom is 0.123 e. The largest absolute Gasteiger partial charge is 0.508 e. The van der Waals surface area contributed by atoms with Crippen molar-refractivity contribution in [1.82, 2.24) is 0 Å². The van der Waals surface area contributed by atoms with E-state index < -0.39 is 0 Å². The number of hydrogen-bond acceptors (Lipinski definition) is 2. The summed E-state index contributed by atoms with van der Waals surface area (Å²) in [5.41, 5.74) is 1.14. The van der Waals surface area contributed by atoms with Gasteiger partial charge in [-0.2, -0.15) is 0 Å². The lowest BCUT2D eigenvalue weighted by Gasteiger charge is -2.07. The topological polar surface area (TPSA) is 29.5 Å². The summed E-state index contributed by atoms with van der Waals surface area (Å²) in [6.07, 6.45) is 3.50. The van der Waals surface area contributed by atoms with Crippen LogP contribution in [0.5, 0.6) is 11.5 Å². The third-order valence-corrected chi connectivity index (χ3v) is 2.40. The first-order valence-electron chi connectivity index (χ1n) is 4.78. The van der Waals surface area contributed by atoms with Gasteiger partial charge in [0.2, 0.25) is 0 Å². The van der Waals surface area contributed by atoms with E-state index in [0.29, 0.717) is 11.9 Å². The van der Waals surface area contributed by atoms with Gasteiger partial charge in [0, 0.05) is 12.0 Å². The second kappa shape index (κ2) is 3.29. The van der Waals surface area contributed by atoms with Crippen LogP contribution in [0.1, 0.15) is 25.3 Å². The highest BCUT2D eigenvalue weighted by Gasteiger charge is 2.21. The molecule has 0 bridgehead atoms. The van der Waals surface area contributed by atoms with Gasteiger partial charge in [-0.25, -0.2) is 0 Å². The van der Waals surface area contributed by atoms with E-state index in [1.165, 1.54) is 0 Å². The highest BCUT2D eigenvalue weighted by atomic mass is 16.5. The molecule has 0 saturated heterocycles. The Hall–Kier alpha value is -1.18. The fourth-order valence-electron chi connectivity index (χ4n) is 1.79. The van der Waals surface area contributed by atoms with Gasteiger partial charge in [-0.1, -0.05) is 13.3 Å². The Bertz CT molecular complexity index is 307. The molecule has 1 aromatic carbocycles. The molecule has 1 heterocycles. The first-order chi connectivity index (χ1) is 6.29. The lowest BCUT2D eigenvalue weighted by molar-refractivity contribution is 0.220. The van der Waals surface area contributed by atoms with Crippen molar-refractivity contribution in [2.75, 3.05) is 0 Å². The SMILES string of the molecule is CCCC1Cc2cc(O)ccc2O1. The summed E-state index contributed by atoms with van der Waals surface area (Å²) >= 11 is 0. The molecular formula is C11H14O2. The molecule has 13 heavy (non-hydrogen) atoms. The van der Waals surface area contributed by atoms with E-state index >= 15 is 0 Å². The number of aromatic hydroxyl groups is 1. The Morgan fingerprint density at radius 3 is 3.15 bits per heavy atom. The van der Waals surface area contributed by atoms with Crippen LogP contribution in [0.2, 0.25) is 0 Å². The molecule has 70 valence electrons. The molecule has 0 aromatic heterocycles. The minimum Gasteiger partial charge on any atom is -0.508 e. The molecule has 2 rings (SSSR count). The standard InChI is InChI=1S/C11H14O2/c1-2-3-10-7-8-6-9(12)4-5-11(8)13-10/h4-6,10,12H,2-3,7H2,1H3. The second-order valence-electron chi connectivity index (χ2n) is 3.52. The summed E-state index contributed by atoms with van der Waals surface area (Å²) in [5, 5.41) is 9.26. The van der Waals surface area contributed by atoms with E-state index in [-0.39, 0.29) is 0 Å². The molecule has 2 nitrogen and oxygen atoms in total. The lowest BCUT2D eigenvalue weighted by atomic mass is 10.1. The van der Waals surface area contributed by atoms with E-state index in [9.17, 15) is 5.11 Å². The third kappa shape index (κ3) is 1.62. The highest BCUT2D eigenvalue weighted by molar-refractivity contribution is 5.42. The molecule has 0 radical (unpaired) electrons. The van der Waals surface area contributed by atoms with Gasteiger partial charge in [0.05, 0.1) is 0 Å². The Balaban J connectivity index is 2.16. The Morgan fingerprint density at radius 1 is 1.54 bits per heavy atom. The monoisotopic (exact) mass is 178 g/mol. The van der Waals surface area contributed by atoms with Crippen LogP contribution in [0.15, 0.2) is 18.2 Å². The van der Waals surface area contributed by atoms with Gasteiger partial charge in [-0.15, -0.1) is 0 Å². The van der Waals surface area contributed by atoms with Crippen LogP contribution in [0.25, 0.3) is 0 Å². The summed E-state index contributed by atoms with van der Waals surface area (Å²) in [7, 11) is 0. The smallest absolute Gasteiger partial charge is 0.123 e. The predicted molar refractivity (Wildman–Crippen MR) is 51.1 cm³/mol. The van der Waals surface area contributed by atoms with Crippen molar-refractivity contribution in [3.05, 3.63) is 23.8 Å². The number of benzene rings is 1. The number of phenolic OH excluding ortho intramolecular Hbond substituents is 1. The fraction of sp³-hybridized carbons (Fsp3) is 0.455. The molecule has 0 aliphatic carbocycles. The average Bonchev–Trinajstić information content (AvgIpc) is 2.46. The molecule has 1 atom stereocenters. The van der Waals surface area contributed by atoms with Gasteiger partial charge in [0.1, 0.15) is 17.6 Å². The molecule has 0 saturated carbocycles. The molecule has 1 aromatic rings. The third-order valence-electron chi connectivity index (χ3n) is 2.40. The Labute approximate surface area is 78.2 Å². The van der Waals surface area contributed by atoms with Crippen molar-refractivity contribution in [2.45, 2.75) is 32.3 Å². The molecule has 1 aliphatic heterocycles. The quantitative estimate of drug-likeness (QED) is 0.754. The van der Waals surface area contributed by atoms with Crippen LogP contribution in [0, 0.1) is 0 Å². The van der Waals surface area contributed by atoms with Gasteiger partial charge in [-0.05, 0) is 24.6 Å². The van der Waals surface area contributed by atoms with Gasteiger partial charge in [-0.3, -0.25) is 0 Å². The number of ether oxygens (including phenoxy) is 1. The predicted octanol–water partition coefficient (Wildman–Crippen LogP) is 2.50. The number of fused-ring (bicyclic) bond motifs is 1. The summed E-state index contributed by atoms with van der Waals surface area (Å²) < 4.78 is 5.69. The van der Waals surface area contributed by atoms with Crippen molar-refractivity contribution >= 4 is 0 Å². The van der Waals surface area contributed by atoms with Gasteiger partial charge in [0.25, 0.3) is 0 Å². The van der Waals surface area contributed by atoms with Crippen molar-refractivity contribution in [3.63, 3.8) is 0 Å². The van der Waals surface area contributed by atoms with Crippen LogP contribution in [-0.4, -0.2) is 11.2 Å². The van der Waals surface area contributed by atoms with Crippen molar-refractivity contribution in [2.24, 2.45) is 0 Å². The first-order valence-corrected chi connectivity index (χ1v) is 4.78. The van der Waals surface area contributed by atoms with Crippen molar-refractivity contribution in [1.29, 1.82) is 0 Å². The van der Waals surface area contributed by atoms with E-state index in [4.69, 9.17) is 4.74 Å². The summed E-state index contributed by atoms with van der Waals surface area (Å²) in [6, 6.07) is 5.32. The Morgan fingerprint density at radius 2 is 2.38 bits per heavy atom. The maximum absolute atomic E-state index is 9.26. The minimum absolute atomic E-state index is 0.321. The number of phenols is 1. The minimum atomic E-state index is 0.321. The molecule has 0 amide bonds. The molecule has 1 unspecified atom stereocenters. The molecule has 1 N–H and O–H groups in total. The zero-order chi connectivity index (χ0) is 9.26. The lowest BCUT2D eigenvalue weighted by Crippen LogP contribution is -2.11. The highest BCUT2D eigenvalue weighted by Crippen LogP contribution is 2.32. The van der Waals surface area contributed by atoms with Crippen LogP contribution < -0.4 is 4.74 Å². The first kappa shape index (κ1) is 8.42. The molecule has 1 aliphatic rings. The fourth-order valence-corrected chi connectivity index (χ4v) is 1.79. The summed E-state index contributed by atoms with van der Waals surface area (Å²) in [6.45, 7) is 2.16. The maximum atomic E-state index is 9.26. The van der Waals surface area contributed by atoms with Crippen LogP contribution in [0.4, 0.5) is 0 Å². The molecule has 0 spiro atoms. The number of rotatable bonds is 2. The summed E-state index contributed by atoms with van der Waals surface area (Å²) in [4.78, 5) is 0. The molecular weight excluding hydrogens is 164 g/mol. The normalized spacial score (nSPS) is 19.6. The molecule has 2 heteroatoms. The zero-order valence-corrected chi connectivity index (χ0v) is 7.79. The molecule has 0 fully saturated rings. The average molecular weight is 178 g/mol. The van der Waals surface area contributed by atoms with E-state index in [2.05, 4.69) is 6.92 Å². The zero-order valence-electron chi connectivity index (χ0n) is 7.79. The van der Waals surface area contributed by atoms with Crippen LogP contribution >= 0.6 is 0 Å². The van der Waals surface area contributed by atoms with Gasteiger partial charge < -0.3 is 9.84 Å². The van der Waals surface area contributed by atoms with E-state index in [1.54, 1.807) is 12.1 Å². The van der Waals surface area contributed by atoms with E-state index in [1.807, 2.05) is 6.07 Å². The van der Waals surface area contributed by atoms with Crippen LogP contribution in [-0.2, 0) is 6.42 Å². The number of hydrogen-bond donors (Lipinski definition) is 1. The van der Waals surface area contributed by atoms with Crippen molar-refractivity contribution in [3.8, 4) is 11.5 Å². The second-order valence-corrected chi connectivity index (χ2v) is 3.52.